The molecule has 2 N–H and O–H groups in total. The van der Waals surface area contributed by atoms with Gasteiger partial charge < -0.3 is 10.6 Å². The zero-order chi connectivity index (χ0) is 15.2. The summed E-state index contributed by atoms with van der Waals surface area (Å²) in [7, 11) is 1.90. The van der Waals surface area contributed by atoms with Crippen molar-refractivity contribution in [1.29, 1.82) is 0 Å². The number of benzene rings is 1. The highest BCUT2D eigenvalue weighted by Gasteiger charge is 2.11. The summed E-state index contributed by atoms with van der Waals surface area (Å²) in [5.41, 5.74) is 3.45. The average molecular weight is 284 g/mol. The third kappa shape index (κ3) is 3.51. The Balaban J connectivity index is 2.40. The number of nitrogens with one attached hydrogen (secondary N) is 2. The molecule has 0 atom stereocenters. The lowest BCUT2D eigenvalue weighted by Crippen LogP contribution is -2.08. The van der Waals surface area contributed by atoms with Gasteiger partial charge in [0.25, 0.3) is 0 Å². The molecule has 1 aromatic heterocycles. The number of hydrogen-bond acceptors (Lipinski definition) is 4. The molecule has 4 heteroatoms. The second-order valence-electron chi connectivity index (χ2n) is 5.10. The van der Waals surface area contributed by atoms with Crippen molar-refractivity contribution in [3.8, 4) is 0 Å². The molecule has 0 unspecified atom stereocenters. The van der Waals surface area contributed by atoms with Crippen LogP contribution in [0.2, 0.25) is 0 Å². The van der Waals surface area contributed by atoms with Crippen LogP contribution in [0.5, 0.6) is 0 Å². The SMILES string of the molecule is CCCc1nc(NC)c(C)c(Nc2ccccc2CC)n1. The Morgan fingerprint density at radius 1 is 1.05 bits per heavy atom. The van der Waals surface area contributed by atoms with Crippen molar-refractivity contribution < 1.29 is 0 Å². The first-order chi connectivity index (χ1) is 10.2. The van der Waals surface area contributed by atoms with E-state index in [2.05, 4.69) is 52.6 Å². The topological polar surface area (TPSA) is 49.8 Å². The Morgan fingerprint density at radius 2 is 1.76 bits per heavy atom. The van der Waals surface area contributed by atoms with Gasteiger partial charge in [-0.15, -0.1) is 0 Å². The van der Waals surface area contributed by atoms with Crippen LogP contribution in [0.1, 0.15) is 37.2 Å². The van der Waals surface area contributed by atoms with Gasteiger partial charge in [0.05, 0.1) is 0 Å². The molecule has 2 rings (SSSR count). The Bertz CT molecular complexity index is 608. The molecule has 0 aliphatic heterocycles. The van der Waals surface area contributed by atoms with Crippen LogP contribution in [-0.4, -0.2) is 17.0 Å². The molecule has 1 heterocycles. The van der Waals surface area contributed by atoms with Crippen molar-refractivity contribution in [2.75, 3.05) is 17.7 Å². The first-order valence-electron chi connectivity index (χ1n) is 7.59. The zero-order valence-electron chi connectivity index (χ0n) is 13.3. The third-order valence-corrected chi connectivity index (χ3v) is 3.55. The summed E-state index contributed by atoms with van der Waals surface area (Å²) in [4.78, 5) is 9.24. The van der Waals surface area contributed by atoms with Crippen LogP contribution in [0, 0.1) is 6.92 Å². The highest BCUT2D eigenvalue weighted by molar-refractivity contribution is 5.66. The minimum Gasteiger partial charge on any atom is -0.373 e. The number of para-hydroxylation sites is 1. The predicted molar refractivity (Wildman–Crippen MR) is 89.4 cm³/mol. The molecular weight excluding hydrogens is 260 g/mol. The van der Waals surface area contributed by atoms with Crippen molar-refractivity contribution in [2.45, 2.75) is 40.0 Å². The maximum absolute atomic E-state index is 4.68. The molecular formula is C17H24N4. The van der Waals surface area contributed by atoms with E-state index in [1.165, 1.54) is 5.56 Å². The van der Waals surface area contributed by atoms with Gasteiger partial charge in [0.2, 0.25) is 0 Å². The predicted octanol–water partition coefficient (Wildman–Crippen LogP) is 4.09. The number of aryl methyl sites for hydroxylation is 2. The van der Waals surface area contributed by atoms with Gasteiger partial charge in [-0.3, -0.25) is 0 Å². The van der Waals surface area contributed by atoms with Crippen molar-refractivity contribution >= 4 is 17.3 Å². The van der Waals surface area contributed by atoms with Crippen molar-refractivity contribution in [2.24, 2.45) is 0 Å². The molecule has 2 aromatic rings. The van der Waals surface area contributed by atoms with E-state index in [4.69, 9.17) is 0 Å². The largest absolute Gasteiger partial charge is 0.373 e. The lowest BCUT2D eigenvalue weighted by molar-refractivity contribution is 0.834. The summed E-state index contributed by atoms with van der Waals surface area (Å²) in [5, 5.41) is 6.63. The molecule has 0 fully saturated rings. The van der Waals surface area contributed by atoms with E-state index in [0.29, 0.717) is 0 Å². The molecule has 0 bridgehead atoms. The molecule has 0 saturated carbocycles. The first kappa shape index (κ1) is 15.3. The van der Waals surface area contributed by atoms with Gasteiger partial charge in [-0.1, -0.05) is 32.0 Å². The molecule has 112 valence electrons. The maximum atomic E-state index is 4.68. The van der Waals surface area contributed by atoms with E-state index in [0.717, 1.165) is 48.0 Å². The van der Waals surface area contributed by atoms with E-state index in [1.54, 1.807) is 0 Å². The molecule has 0 amide bonds. The standard InChI is InChI=1S/C17H24N4/c1-5-9-15-20-16(18-4)12(3)17(21-15)19-14-11-8-7-10-13(14)6-2/h7-8,10-11H,5-6,9H2,1-4H3,(H2,18,19,20,21). The van der Waals surface area contributed by atoms with Gasteiger partial charge in [-0.05, 0) is 31.4 Å². The van der Waals surface area contributed by atoms with Crippen molar-refractivity contribution in [3.05, 3.63) is 41.2 Å². The van der Waals surface area contributed by atoms with Gasteiger partial charge in [0.15, 0.2) is 0 Å². The monoisotopic (exact) mass is 284 g/mol. The molecule has 4 nitrogen and oxygen atoms in total. The van der Waals surface area contributed by atoms with Crippen LogP contribution in [0.4, 0.5) is 17.3 Å². The summed E-state index contributed by atoms with van der Waals surface area (Å²) >= 11 is 0. The molecule has 0 aliphatic rings. The van der Waals surface area contributed by atoms with E-state index in [1.807, 2.05) is 20.0 Å². The summed E-state index contributed by atoms with van der Waals surface area (Å²) in [6, 6.07) is 8.35. The van der Waals surface area contributed by atoms with E-state index < -0.39 is 0 Å². The lowest BCUT2D eigenvalue weighted by atomic mass is 10.1. The fourth-order valence-corrected chi connectivity index (χ4v) is 2.34. The second kappa shape index (κ2) is 7.07. The number of aromatic nitrogens is 2. The van der Waals surface area contributed by atoms with Crippen LogP contribution in [0.3, 0.4) is 0 Å². The molecule has 21 heavy (non-hydrogen) atoms. The minimum absolute atomic E-state index is 0.879. The number of anilines is 3. The quantitative estimate of drug-likeness (QED) is 0.839. The molecule has 0 aliphatic carbocycles. The van der Waals surface area contributed by atoms with E-state index in [9.17, 15) is 0 Å². The smallest absolute Gasteiger partial charge is 0.139 e. The summed E-state index contributed by atoms with van der Waals surface area (Å²) in [5.74, 6) is 2.66. The molecule has 0 radical (unpaired) electrons. The first-order valence-corrected chi connectivity index (χ1v) is 7.59. The second-order valence-corrected chi connectivity index (χ2v) is 5.10. The average Bonchev–Trinajstić information content (AvgIpc) is 2.51. The highest BCUT2D eigenvalue weighted by atomic mass is 15.1. The Labute approximate surface area is 127 Å². The van der Waals surface area contributed by atoms with Crippen molar-refractivity contribution in [3.63, 3.8) is 0 Å². The van der Waals surface area contributed by atoms with Gasteiger partial charge in [0, 0.05) is 24.7 Å². The lowest BCUT2D eigenvalue weighted by Gasteiger charge is -2.15. The van der Waals surface area contributed by atoms with Crippen LogP contribution >= 0.6 is 0 Å². The summed E-state index contributed by atoms with van der Waals surface area (Å²) in [6.07, 6.45) is 2.92. The summed E-state index contributed by atoms with van der Waals surface area (Å²) in [6.45, 7) is 6.34. The summed E-state index contributed by atoms with van der Waals surface area (Å²) < 4.78 is 0. The molecule has 1 aromatic carbocycles. The van der Waals surface area contributed by atoms with Gasteiger partial charge >= 0.3 is 0 Å². The van der Waals surface area contributed by atoms with E-state index >= 15 is 0 Å². The van der Waals surface area contributed by atoms with Crippen LogP contribution in [-0.2, 0) is 12.8 Å². The normalized spacial score (nSPS) is 10.5. The molecule has 0 spiro atoms. The van der Waals surface area contributed by atoms with Crippen molar-refractivity contribution in [1.82, 2.24) is 9.97 Å². The van der Waals surface area contributed by atoms with Crippen LogP contribution < -0.4 is 10.6 Å². The Hall–Kier alpha value is -2.10. The number of hydrogen-bond donors (Lipinski definition) is 2. The van der Waals surface area contributed by atoms with Crippen LogP contribution in [0.25, 0.3) is 0 Å². The minimum atomic E-state index is 0.879. The maximum Gasteiger partial charge on any atom is 0.139 e. The third-order valence-electron chi connectivity index (χ3n) is 3.55. The molecule has 0 saturated heterocycles. The number of nitrogens with zero attached hydrogens (tertiary/aromatic N) is 2. The fraction of sp³-hybridized carbons (Fsp3) is 0.412. The Morgan fingerprint density at radius 3 is 2.43 bits per heavy atom. The van der Waals surface area contributed by atoms with Crippen LogP contribution in [0.15, 0.2) is 24.3 Å². The zero-order valence-corrected chi connectivity index (χ0v) is 13.3. The fourth-order valence-electron chi connectivity index (χ4n) is 2.34. The van der Waals surface area contributed by atoms with Gasteiger partial charge in [0.1, 0.15) is 17.5 Å². The number of rotatable bonds is 6. The van der Waals surface area contributed by atoms with Gasteiger partial charge in [-0.25, -0.2) is 9.97 Å². The van der Waals surface area contributed by atoms with Gasteiger partial charge in [-0.2, -0.15) is 0 Å². The highest BCUT2D eigenvalue weighted by Crippen LogP contribution is 2.26. The Kier molecular flexibility index (Phi) is 5.14. The van der Waals surface area contributed by atoms with E-state index in [-0.39, 0.29) is 0 Å².